The van der Waals surface area contributed by atoms with E-state index in [1.807, 2.05) is 91.0 Å². The summed E-state index contributed by atoms with van der Waals surface area (Å²) in [4.78, 5) is 21.8. The molecule has 6 aromatic carbocycles. The largest absolute Gasteiger partial charge is 1.00 e. The predicted molar refractivity (Wildman–Crippen MR) is 223 cm³/mol. The number of halogens is 4. The zero-order valence-corrected chi connectivity index (χ0v) is 35.8. The number of hydrogen-bond acceptors (Lipinski definition) is 2. The second kappa shape index (κ2) is 22.6. The minimum Gasteiger partial charge on any atom is -1.00 e. The van der Waals surface area contributed by atoms with Gasteiger partial charge in [-0.1, -0.05) is 109 Å². The van der Waals surface area contributed by atoms with Crippen molar-refractivity contribution in [2.75, 3.05) is 12.3 Å². The fourth-order valence-electron chi connectivity index (χ4n) is 7.03. The lowest BCUT2D eigenvalue weighted by Gasteiger charge is -2.29. The van der Waals surface area contributed by atoms with E-state index in [2.05, 4.69) is 91.0 Å². The second-order valence-corrected chi connectivity index (χ2v) is 20.3. The lowest BCUT2D eigenvalue weighted by molar-refractivity contribution is -0.145. The van der Waals surface area contributed by atoms with E-state index in [-0.39, 0.29) is 46.5 Å². The van der Waals surface area contributed by atoms with Crippen molar-refractivity contribution in [1.82, 2.24) is 0 Å². The van der Waals surface area contributed by atoms with E-state index in [1.54, 1.807) is 0 Å². The fourth-order valence-corrected chi connectivity index (χ4v) is 15.8. The summed E-state index contributed by atoms with van der Waals surface area (Å²) in [5, 5.41) is 25.0. The monoisotopic (exact) mass is 920 g/mol. The highest BCUT2D eigenvalue weighted by molar-refractivity contribution is 7.96. The molecule has 6 aromatic rings. The summed E-state index contributed by atoms with van der Waals surface area (Å²) in [6.45, 7) is 0. The molecular weight excluding hydrogens is 876 g/mol. The van der Waals surface area contributed by atoms with Gasteiger partial charge in [-0.3, -0.25) is 9.59 Å². The lowest BCUT2D eigenvalue weighted by atomic mass is 10.2. The molecule has 56 heavy (non-hydrogen) atoms. The Morgan fingerprint density at radius 1 is 0.429 bits per heavy atom. The number of carboxylic acid groups (broad SMARTS) is 2. The number of hydrogen-bond donors (Lipinski definition) is 2. The van der Waals surface area contributed by atoms with Crippen molar-refractivity contribution in [3.8, 4) is 0 Å². The Bertz CT molecular complexity index is 1840. The van der Waals surface area contributed by atoms with Crippen LogP contribution >= 0.6 is 14.5 Å². The van der Waals surface area contributed by atoms with Crippen LogP contribution in [0, 0.1) is 0 Å². The second-order valence-electron chi connectivity index (χ2n) is 13.1. The maximum Gasteiger partial charge on any atom is 0.309 e. The zero-order valence-electron chi connectivity index (χ0n) is 30.9. The molecule has 0 spiro atoms. The molecule has 6 rings (SSSR count). The highest BCUT2D eigenvalue weighted by atomic mass is 79.9. The highest BCUT2D eigenvalue weighted by Crippen LogP contribution is 2.57. The fraction of sp³-hybridized carbons (Fsp3) is 0.174. The molecule has 0 saturated carbocycles. The van der Waals surface area contributed by atoms with Gasteiger partial charge in [0.1, 0.15) is 52.8 Å². The summed E-state index contributed by atoms with van der Waals surface area (Å²) < 4.78 is 28.8. The van der Waals surface area contributed by atoms with Crippen molar-refractivity contribution in [2.24, 2.45) is 0 Å². The van der Waals surface area contributed by atoms with Crippen molar-refractivity contribution in [3.05, 3.63) is 182 Å². The van der Waals surface area contributed by atoms with Crippen LogP contribution in [0.15, 0.2) is 182 Å². The Labute approximate surface area is 351 Å². The molecule has 0 aliphatic carbocycles. The molecule has 10 heteroatoms. The van der Waals surface area contributed by atoms with Gasteiger partial charge in [0.05, 0.1) is 12.3 Å². The van der Waals surface area contributed by atoms with E-state index < -0.39 is 45.2 Å². The van der Waals surface area contributed by atoms with Gasteiger partial charge in [-0.05, 0) is 85.6 Å². The van der Waals surface area contributed by atoms with Gasteiger partial charge in [0.15, 0.2) is 0 Å². The molecule has 292 valence electrons. The third-order valence-corrected chi connectivity index (χ3v) is 18.5. The van der Waals surface area contributed by atoms with Gasteiger partial charge < -0.3 is 44.2 Å². The molecule has 0 amide bonds. The summed E-state index contributed by atoms with van der Waals surface area (Å²) >= 11 is 0. The first-order valence-electron chi connectivity index (χ1n) is 18.1. The molecule has 0 fully saturated rings. The molecular formula is C46H46Br2F2O4P2. The third kappa shape index (κ3) is 12.0. The molecule has 2 N–H and O–H groups in total. The number of benzene rings is 6. The van der Waals surface area contributed by atoms with Crippen LogP contribution in [0.3, 0.4) is 0 Å². The van der Waals surface area contributed by atoms with Gasteiger partial charge in [0.2, 0.25) is 0 Å². The first-order chi connectivity index (χ1) is 26.2. The van der Waals surface area contributed by atoms with Gasteiger partial charge in [0, 0.05) is 12.8 Å². The van der Waals surface area contributed by atoms with E-state index in [0.29, 0.717) is 6.42 Å². The van der Waals surface area contributed by atoms with Gasteiger partial charge in [-0.25, -0.2) is 8.78 Å². The zero-order chi connectivity index (χ0) is 38.3. The summed E-state index contributed by atoms with van der Waals surface area (Å²) in [6.07, 6.45) is 1.40. The summed E-state index contributed by atoms with van der Waals surface area (Å²) in [5.41, 5.74) is 0. The highest BCUT2D eigenvalue weighted by Gasteiger charge is 2.48. The standard InChI is InChI=1S/C23H21F2O2P.C23H23O2P.2BrH/c24-23(25,18-22(26)27)16-17-28(19-10-4-1-5-11-19,20-12-6-2-7-13-20)21-14-8-3-9-15-21;24-23(25)18-10-11-19-26(20-12-4-1-5-13-20,21-14-6-2-7-15-21)22-16-8-3-9-17-22;;/h1-15H,16-18H2;1-9,12-17H,10-11,18-19H2;2*1H. The Morgan fingerprint density at radius 3 is 0.946 bits per heavy atom. The Balaban J connectivity index is 0.000000291. The molecule has 0 unspecified atom stereocenters. The smallest absolute Gasteiger partial charge is 0.309 e. The first kappa shape index (κ1) is 46.3. The van der Waals surface area contributed by atoms with Crippen LogP contribution in [-0.2, 0) is 9.59 Å². The molecule has 0 aliphatic heterocycles. The molecule has 0 saturated heterocycles. The van der Waals surface area contributed by atoms with Gasteiger partial charge in [0.25, 0.3) is 5.92 Å². The number of aliphatic carboxylic acids is 2. The Morgan fingerprint density at radius 2 is 0.696 bits per heavy atom. The molecule has 0 aromatic heterocycles. The average molecular weight is 923 g/mol. The van der Waals surface area contributed by atoms with Crippen LogP contribution in [-0.4, -0.2) is 40.4 Å². The van der Waals surface area contributed by atoms with Crippen LogP contribution < -0.4 is 65.8 Å². The van der Waals surface area contributed by atoms with Crippen molar-refractivity contribution < 1.29 is 62.5 Å². The normalized spacial score (nSPS) is 11.2. The maximum absolute atomic E-state index is 14.4. The van der Waals surface area contributed by atoms with Gasteiger partial charge >= 0.3 is 11.9 Å². The van der Waals surface area contributed by atoms with Crippen LogP contribution in [0.1, 0.15) is 32.1 Å². The number of carbonyl (C=O) groups is 2. The Hall–Kier alpha value is -4.06. The van der Waals surface area contributed by atoms with E-state index in [4.69, 9.17) is 10.2 Å². The minimum absolute atomic E-state index is 0. The third-order valence-electron chi connectivity index (χ3n) is 9.54. The maximum atomic E-state index is 14.4. The average Bonchev–Trinajstić information content (AvgIpc) is 3.20. The lowest BCUT2D eigenvalue weighted by Crippen LogP contribution is -3.00. The first-order valence-corrected chi connectivity index (χ1v) is 22.0. The predicted octanol–water partition coefficient (Wildman–Crippen LogP) is 2.72. The van der Waals surface area contributed by atoms with Crippen molar-refractivity contribution in [3.63, 3.8) is 0 Å². The summed E-state index contributed by atoms with van der Waals surface area (Å²) in [7, 11) is -4.17. The SMILES string of the molecule is O=C(O)CC(F)(F)CC[P+](c1ccccc1)(c1ccccc1)c1ccccc1.O=C(O)CCCC[P+](c1ccccc1)(c1ccccc1)c1ccccc1.[Br-].[Br-]. The van der Waals surface area contributed by atoms with E-state index in [0.717, 1.165) is 28.5 Å². The summed E-state index contributed by atoms with van der Waals surface area (Å²) in [6, 6.07) is 61.3. The molecule has 0 aliphatic rings. The van der Waals surface area contributed by atoms with Gasteiger partial charge in [-0.2, -0.15) is 0 Å². The molecule has 0 atom stereocenters. The Kier molecular flexibility index (Phi) is 18.7. The summed E-state index contributed by atoms with van der Waals surface area (Å²) in [5.74, 6) is -5.45. The molecule has 0 heterocycles. The van der Waals surface area contributed by atoms with Crippen LogP contribution in [0.4, 0.5) is 8.78 Å². The molecule has 0 bridgehead atoms. The number of alkyl halides is 2. The van der Waals surface area contributed by atoms with E-state index in [9.17, 15) is 18.4 Å². The van der Waals surface area contributed by atoms with Crippen molar-refractivity contribution >= 4 is 58.3 Å². The topological polar surface area (TPSA) is 74.6 Å². The minimum atomic E-state index is -3.25. The van der Waals surface area contributed by atoms with Crippen LogP contribution in [0.5, 0.6) is 0 Å². The number of rotatable bonds is 16. The quantitative estimate of drug-likeness (QED) is 0.116. The number of carboxylic acids is 2. The number of unbranched alkanes of at least 4 members (excludes halogenated alkanes) is 1. The van der Waals surface area contributed by atoms with E-state index >= 15 is 0 Å². The van der Waals surface area contributed by atoms with E-state index in [1.165, 1.54) is 15.9 Å². The van der Waals surface area contributed by atoms with Crippen molar-refractivity contribution in [1.29, 1.82) is 0 Å². The molecule has 4 nitrogen and oxygen atoms in total. The van der Waals surface area contributed by atoms with Crippen molar-refractivity contribution in [2.45, 2.75) is 38.0 Å². The molecule has 0 radical (unpaired) electrons. The van der Waals surface area contributed by atoms with Gasteiger partial charge in [-0.15, -0.1) is 0 Å². The van der Waals surface area contributed by atoms with Crippen LogP contribution in [0.25, 0.3) is 0 Å². The van der Waals surface area contributed by atoms with Crippen LogP contribution in [0.2, 0.25) is 0 Å².